The van der Waals surface area contributed by atoms with Crippen molar-refractivity contribution in [1.82, 2.24) is 10.6 Å². The van der Waals surface area contributed by atoms with Gasteiger partial charge < -0.3 is 10.6 Å². The zero-order valence-corrected chi connectivity index (χ0v) is 12.1. The molecule has 0 heterocycles. The lowest BCUT2D eigenvalue weighted by Crippen LogP contribution is -2.50. The van der Waals surface area contributed by atoms with E-state index in [9.17, 15) is 13.2 Å². The van der Waals surface area contributed by atoms with Crippen LogP contribution >= 0.6 is 0 Å². The molecule has 0 aromatic heterocycles. The third-order valence-corrected chi connectivity index (χ3v) is 3.26. The van der Waals surface area contributed by atoms with Crippen molar-refractivity contribution in [2.75, 3.05) is 0 Å². The fourth-order valence-electron chi connectivity index (χ4n) is 1.78. The molecule has 0 radical (unpaired) electrons. The maximum absolute atomic E-state index is 12.9. The minimum atomic E-state index is -4.19. The Hall–Kier alpha value is -0.290. The molecule has 2 nitrogen and oxygen atoms in total. The van der Waals surface area contributed by atoms with Crippen molar-refractivity contribution >= 4 is 0 Å². The molecule has 0 aliphatic rings. The summed E-state index contributed by atoms with van der Waals surface area (Å²) < 4.78 is 38.7. The molecule has 0 saturated heterocycles. The molecule has 0 fully saturated rings. The van der Waals surface area contributed by atoms with Crippen molar-refractivity contribution in [2.24, 2.45) is 0 Å². The van der Waals surface area contributed by atoms with E-state index >= 15 is 0 Å². The Labute approximate surface area is 109 Å². The van der Waals surface area contributed by atoms with Crippen LogP contribution in [0.25, 0.3) is 0 Å². The van der Waals surface area contributed by atoms with Crippen LogP contribution in [0.15, 0.2) is 0 Å². The van der Waals surface area contributed by atoms with Gasteiger partial charge in [0.05, 0.1) is 0 Å². The first-order valence-corrected chi connectivity index (χ1v) is 6.79. The van der Waals surface area contributed by atoms with Gasteiger partial charge in [-0.2, -0.15) is 13.2 Å². The molecule has 0 aromatic rings. The van der Waals surface area contributed by atoms with Crippen LogP contribution in [-0.2, 0) is 0 Å². The number of hydrogen-bond donors (Lipinski definition) is 2. The lowest BCUT2D eigenvalue weighted by molar-refractivity contribution is -0.160. The number of nitrogens with one attached hydrogen (secondary N) is 2. The average molecular weight is 268 g/mol. The van der Waals surface area contributed by atoms with Crippen molar-refractivity contribution in [3.05, 3.63) is 0 Å². The minimum Gasteiger partial charge on any atom is -0.312 e. The molecular formula is C13H27F3N2. The molecule has 0 aliphatic heterocycles. The van der Waals surface area contributed by atoms with E-state index in [1.807, 2.05) is 27.7 Å². The average Bonchev–Trinajstić information content (AvgIpc) is 2.26. The molecule has 0 bridgehead atoms. The van der Waals surface area contributed by atoms with Gasteiger partial charge in [0.15, 0.2) is 0 Å². The molecule has 2 N–H and O–H groups in total. The number of alkyl halides is 3. The van der Waals surface area contributed by atoms with E-state index in [4.69, 9.17) is 0 Å². The Morgan fingerprint density at radius 3 is 1.67 bits per heavy atom. The minimum absolute atomic E-state index is 0.0676. The zero-order valence-electron chi connectivity index (χ0n) is 12.1. The summed E-state index contributed by atoms with van der Waals surface area (Å²) in [7, 11) is 0. The molecule has 0 amide bonds. The summed E-state index contributed by atoms with van der Waals surface area (Å²) in [6.07, 6.45) is -2.51. The molecule has 0 spiro atoms. The van der Waals surface area contributed by atoms with Gasteiger partial charge in [0, 0.05) is 18.1 Å². The maximum Gasteiger partial charge on any atom is 0.403 e. The number of halogens is 3. The van der Waals surface area contributed by atoms with E-state index in [1.165, 1.54) is 0 Å². The fourth-order valence-corrected chi connectivity index (χ4v) is 1.78. The monoisotopic (exact) mass is 268 g/mol. The van der Waals surface area contributed by atoms with Crippen LogP contribution in [0.3, 0.4) is 0 Å². The lowest BCUT2D eigenvalue weighted by Gasteiger charge is -2.29. The van der Waals surface area contributed by atoms with Gasteiger partial charge in [-0.1, -0.05) is 13.8 Å². The van der Waals surface area contributed by atoms with Gasteiger partial charge in [-0.25, -0.2) is 0 Å². The van der Waals surface area contributed by atoms with Crippen molar-refractivity contribution in [1.29, 1.82) is 0 Å². The molecule has 0 aromatic carbocycles. The largest absolute Gasteiger partial charge is 0.403 e. The second-order valence-corrected chi connectivity index (χ2v) is 5.18. The number of rotatable bonds is 8. The predicted molar refractivity (Wildman–Crippen MR) is 69.7 cm³/mol. The van der Waals surface area contributed by atoms with E-state index < -0.39 is 12.2 Å². The van der Waals surface area contributed by atoms with Crippen LogP contribution < -0.4 is 10.6 Å². The molecule has 4 atom stereocenters. The molecule has 5 heteroatoms. The summed E-state index contributed by atoms with van der Waals surface area (Å²) in [5.41, 5.74) is 0. The Morgan fingerprint density at radius 1 is 0.833 bits per heavy atom. The number of hydrogen-bond acceptors (Lipinski definition) is 2. The quantitative estimate of drug-likeness (QED) is 0.704. The summed E-state index contributed by atoms with van der Waals surface area (Å²) in [6, 6.07) is -1.45. The topological polar surface area (TPSA) is 24.1 Å². The van der Waals surface area contributed by atoms with Crippen molar-refractivity contribution in [2.45, 2.75) is 84.2 Å². The highest BCUT2D eigenvalue weighted by molar-refractivity contribution is 4.82. The summed E-state index contributed by atoms with van der Waals surface area (Å²) in [6.45, 7) is 9.48. The predicted octanol–water partition coefficient (Wildman–Crippen LogP) is 3.47. The molecular weight excluding hydrogens is 241 g/mol. The SMILES string of the molecule is CCC(C)NC(C)CC(NC(C)CC)C(F)(F)F. The Kier molecular flexibility index (Phi) is 7.87. The fraction of sp³-hybridized carbons (Fsp3) is 1.00. The molecule has 0 saturated carbocycles. The van der Waals surface area contributed by atoms with Crippen LogP contribution in [0.1, 0.15) is 53.9 Å². The highest BCUT2D eigenvalue weighted by Gasteiger charge is 2.40. The molecule has 0 aliphatic carbocycles. The zero-order chi connectivity index (χ0) is 14.3. The maximum atomic E-state index is 12.9. The first-order chi connectivity index (χ1) is 8.20. The molecule has 0 rings (SSSR count). The Bertz CT molecular complexity index is 219. The second kappa shape index (κ2) is 8.00. The van der Waals surface area contributed by atoms with Gasteiger partial charge in [0.2, 0.25) is 0 Å². The standard InChI is InChI=1S/C13H27F3N2/c1-6-9(3)17-11(5)8-12(13(14,15)16)18-10(4)7-2/h9-12,17-18H,6-8H2,1-5H3. The van der Waals surface area contributed by atoms with E-state index in [-0.39, 0.29) is 24.5 Å². The van der Waals surface area contributed by atoms with Crippen molar-refractivity contribution in [3.8, 4) is 0 Å². The normalized spacial score (nSPS) is 19.3. The molecule has 110 valence electrons. The smallest absolute Gasteiger partial charge is 0.312 e. The van der Waals surface area contributed by atoms with Gasteiger partial charge >= 0.3 is 6.18 Å². The highest BCUT2D eigenvalue weighted by atomic mass is 19.4. The van der Waals surface area contributed by atoms with Crippen molar-refractivity contribution in [3.63, 3.8) is 0 Å². The van der Waals surface area contributed by atoms with E-state index in [0.29, 0.717) is 6.42 Å². The summed E-state index contributed by atoms with van der Waals surface area (Å²) in [4.78, 5) is 0. The molecule has 18 heavy (non-hydrogen) atoms. The van der Waals surface area contributed by atoms with Gasteiger partial charge in [-0.15, -0.1) is 0 Å². The van der Waals surface area contributed by atoms with Gasteiger partial charge in [-0.05, 0) is 40.0 Å². The molecule has 4 unspecified atom stereocenters. The van der Waals surface area contributed by atoms with Gasteiger partial charge in [0.25, 0.3) is 0 Å². The van der Waals surface area contributed by atoms with Crippen LogP contribution in [0.5, 0.6) is 0 Å². The van der Waals surface area contributed by atoms with Gasteiger partial charge in [0.1, 0.15) is 6.04 Å². The third kappa shape index (κ3) is 7.21. The van der Waals surface area contributed by atoms with Crippen LogP contribution in [-0.4, -0.2) is 30.3 Å². The Balaban J connectivity index is 4.41. The van der Waals surface area contributed by atoms with Crippen LogP contribution in [0, 0.1) is 0 Å². The first-order valence-electron chi connectivity index (χ1n) is 6.79. The summed E-state index contributed by atoms with van der Waals surface area (Å²) in [5.74, 6) is 0. The first kappa shape index (κ1) is 17.7. The Morgan fingerprint density at radius 2 is 1.28 bits per heavy atom. The third-order valence-electron chi connectivity index (χ3n) is 3.26. The van der Waals surface area contributed by atoms with Crippen molar-refractivity contribution < 1.29 is 13.2 Å². The lowest BCUT2D eigenvalue weighted by atomic mass is 10.1. The van der Waals surface area contributed by atoms with Crippen LogP contribution in [0.2, 0.25) is 0 Å². The van der Waals surface area contributed by atoms with E-state index in [2.05, 4.69) is 10.6 Å². The summed E-state index contributed by atoms with van der Waals surface area (Å²) in [5, 5.41) is 5.85. The van der Waals surface area contributed by atoms with Crippen LogP contribution in [0.4, 0.5) is 13.2 Å². The van der Waals surface area contributed by atoms with E-state index in [1.54, 1.807) is 6.92 Å². The summed E-state index contributed by atoms with van der Waals surface area (Å²) >= 11 is 0. The highest BCUT2D eigenvalue weighted by Crippen LogP contribution is 2.24. The van der Waals surface area contributed by atoms with Gasteiger partial charge in [-0.3, -0.25) is 0 Å². The van der Waals surface area contributed by atoms with E-state index in [0.717, 1.165) is 6.42 Å². The second-order valence-electron chi connectivity index (χ2n) is 5.18.